The van der Waals surface area contributed by atoms with Crippen LogP contribution in [0.15, 0.2) is 17.1 Å². The smallest absolute Gasteiger partial charge is 0.218 e. The van der Waals surface area contributed by atoms with Crippen molar-refractivity contribution in [3.05, 3.63) is 29.6 Å². The lowest BCUT2D eigenvalue weighted by Crippen LogP contribution is -2.27. The van der Waals surface area contributed by atoms with Crippen LogP contribution < -0.4 is 11.2 Å². The highest BCUT2D eigenvalue weighted by Crippen LogP contribution is 2.21. The third kappa shape index (κ3) is 1.94. The molecule has 0 aromatic heterocycles. The lowest BCUT2D eigenvalue weighted by Gasteiger charge is -2.00. The van der Waals surface area contributed by atoms with Crippen molar-refractivity contribution in [1.29, 1.82) is 0 Å². The largest absolute Gasteiger partial charge is 0.368 e. The molecule has 0 spiro atoms. The van der Waals surface area contributed by atoms with Gasteiger partial charge in [0.1, 0.15) is 5.69 Å². The lowest BCUT2D eigenvalue weighted by molar-refractivity contribution is 0.233. The highest BCUT2D eigenvalue weighted by Gasteiger charge is 2.12. The summed E-state index contributed by atoms with van der Waals surface area (Å²) >= 11 is 0. The predicted molar refractivity (Wildman–Crippen MR) is 42.5 cm³/mol. The number of nitrogens with two attached hydrogens (primary N) is 1. The fourth-order valence-electron chi connectivity index (χ4n) is 0.757. The summed E-state index contributed by atoms with van der Waals surface area (Å²) in [5.74, 6) is -4.97. The normalized spacial score (nSPS) is 11.6. The van der Waals surface area contributed by atoms with Crippen LogP contribution in [0.3, 0.4) is 0 Å². The van der Waals surface area contributed by atoms with Crippen LogP contribution in [-0.2, 0) is 0 Å². The molecule has 0 saturated heterocycles. The van der Waals surface area contributed by atoms with Crippen LogP contribution in [0.5, 0.6) is 0 Å². The highest BCUT2D eigenvalue weighted by molar-refractivity contribution is 5.79. The Morgan fingerprint density at radius 1 is 1.29 bits per heavy atom. The number of nitrogens with zero attached hydrogens (tertiary/aromatic N) is 1. The third-order valence-corrected chi connectivity index (χ3v) is 1.37. The summed E-state index contributed by atoms with van der Waals surface area (Å²) in [6, 6.07) is 1.58. The molecule has 0 bridgehead atoms. The summed E-state index contributed by atoms with van der Waals surface area (Å²) in [5.41, 5.74) is 5.88. The molecule has 0 aliphatic carbocycles. The van der Waals surface area contributed by atoms with Gasteiger partial charge in [-0.25, -0.2) is 23.6 Å². The number of aliphatic imine (C=N–C) groups is 1. The van der Waals surface area contributed by atoms with E-state index in [1.54, 1.807) is 0 Å². The molecule has 7 heteroatoms. The predicted octanol–water partition coefficient (Wildman–Crippen LogP) is 1.03. The first kappa shape index (κ1) is 10.3. The van der Waals surface area contributed by atoms with Crippen molar-refractivity contribution in [2.75, 3.05) is 0 Å². The van der Waals surface area contributed by atoms with Crippen LogP contribution in [0.4, 0.5) is 18.9 Å². The van der Waals surface area contributed by atoms with E-state index in [0.717, 1.165) is 6.07 Å². The SMILES string of the molecule is NC(=Nc1ccc(F)c(F)c1F)NO. The van der Waals surface area contributed by atoms with Crippen molar-refractivity contribution in [2.45, 2.75) is 0 Å². The van der Waals surface area contributed by atoms with Gasteiger partial charge in [-0.3, -0.25) is 5.21 Å². The average Bonchev–Trinajstić information content (AvgIpc) is 2.19. The molecule has 4 N–H and O–H groups in total. The van der Waals surface area contributed by atoms with Gasteiger partial charge in [0.25, 0.3) is 0 Å². The molecule has 0 atom stereocenters. The maximum absolute atomic E-state index is 12.9. The van der Waals surface area contributed by atoms with Gasteiger partial charge in [0.2, 0.25) is 5.96 Å². The fraction of sp³-hybridized carbons (Fsp3) is 0. The number of halogens is 3. The van der Waals surface area contributed by atoms with Crippen LogP contribution in [0.25, 0.3) is 0 Å². The second kappa shape index (κ2) is 3.97. The zero-order valence-electron chi connectivity index (χ0n) is 6.76. The van der Waals surface area contributed by atoms with Crippen molar-refractivity contribution < 1.29 is 18.4 Å². The number of rotatable bonds is 1. The lowest BCUT2D eigenvalue weighted by atomic mass is 10.3. The van der Waals surface area contributed by atoms with Crippen molar-refractivity contribution in [1.82, 2.24) is 5.48 Å². The standard InChI is InChI=1S/C7H6F3N3O/c8-3-1-2-4(6(10)5(3)9)12-7(11)13-14/h1-2,14H,(H3,11,12,13). The molecule has 0 fully saturated rings. The maximum atomic E-state index is 12.9. The van der Waals surface area contributed by atoms with Crippen molar-refractivity contribution >= 4 is 11.6 Å². The first-order valence-corrected chi connectivity index (χ1v) is 3.44. The molecule has 76 valence electrons. The van der Waals surface area contributed by atoms with Crippen molar-refractivity contribution in [3.8, 4) is 0 Å². The quantitative estimate of drug-likeness (QED) is 0.277. The van der Waals surface area contributed by atoms with Crippen LogP contribution in [-0.4, -0.2) is 11.2 Å². The van der Waals surface area contributed by atoms with Gasteiger partial charge in [-0.15, -0.1) is 0 Å². The van der Waals surface area contributed by atoms with Gasteiger partial charge in [-0.05, 0) is 12.1 Å². The second-order valence-corrected chi connectivity index (χ2v) is 2.30. The van der Waals surface area contributed by atoms with Crippen LogP contribution in [0, 0.1) is 17.5 Å². The van der Waals surface area contributed by atoms with Crippen LogP contribution >= 0.6 is 0 Å². The Bertz CT molecular complexity index is 381. The molecule has 1 aromatic rings. The van der Waals surface area contributed by atoms with E-state index in [-0.39, 0.29) is 0 Å². The molecule has 0 saturated carbocycles. The van der Waals surface area contributed by atoms with Gasteiger partial charge in [0.05, 0.1) is 0 Å². The second-order valence-electron chi connectivity index (χ2n) is 2.30. The molecule has 14 heavy (non-hydrogen) atoms. The van der Waals surface area contributed by atoms with E-state index in [1.165, 1.54) is 5.48 Å². The monoisotopic (exact) mass is 205 g/mol. The third-order valence-electron chi connectivity index (χ3n) is 1.37. The molecule has 0 unspecified atom stereocenters. The van der Waals surface area contributed by atoms with E-state index < -0.39 is 29.1 Å². The summed E-state index contributed by atoms with van der Waals surface area (Å²) < 4.78 is 37.9. The Morgan fingerprint density at radius 3 is 2.50 bits per heavy atom. The summed E-state index contributed by atoms with van der Waals surface area (Å²) in [5, 5.41) is 8.21. The van der Waals surface area contributed by atoms with Gasteiger partial charge >= 0.3 is 0 Å². The zero-order chi connectivity index (χ0) is 10.7. The van der Waals surface area contributed by atoms with E-state index in [0.29, 0.717) is 6.07 Å². The first-order valence-electron chi connectivity index (χ1n) is 3.44. The summed E-state index contributed by atoms with van der Waals surface area (Å²) in [4.78, 5) is 3.23. The Balaban J connectivity index is 3.18. The van der Waals surface area contributed by atoms with Crippen molar-refractivity contribution in [3.63, 3.8) is 0 Å². The van der Waals surface area contributed by atoms with Crippen molar-refractivity contribution in [2.24, 2.45) is 10.7 Å². The first-order chi connectivity index (χ1) is 6.56. The summed E-state index contributed by atoms with van der Waals surface area (Å²) in [6.45, 7) is 0. The molecular weight excluding hydrogens is 199 g/mol. The molecule has 1 aromatic carbocycles. The molecule has 0 heterocycles. The molecular formula is C7H6F3N3O. The number of hydroxylamine groups is 1. The minimum Gasteiger partial charge on any atom is -0.368 e. The van der Waals surface area contributed by atoms with Gasteiger partial charge < -0.3 is 5.73 Å². The van der Waals surface area contributed by atoms with E-state index in [2.05, 4.69) is 4.99 Å². The molecule has 4 nitrogen and oxygen atoms in total. The number of guanidine groups is 1. The summed E-state index contributed by atoms with van der Waals surface area (Å²) in [6.07, 6.45) is 0. The number of benzene rings is 1. The number of hydrogen-bond acceptors (Lipinski definition) is 2. The van der Waals surface area contributed by atoms with E-state index in [9.17, 15) is 13.2 Å². The van der Waals surface area contributed by atoms with Gasteiger partial charge in [0, 0.05) is 0 Å². The Kier molecular flexibility index (Phi) is 2.92. The molecule has 0 amide bonds. The van der Waals surface area contributed by atoms with E-state index in [4.69, 9.17) is 10.9 Å². The minimum atomic E-state index is -1.64. The molecule has 0 radical (unpaired) electrons. The molecule has 0 aliphatic heterocycles. The zero-order valence-corrected chi connectivity index (χ0v) is 6.76. The van der Waals surface area contributed by atoms with Gasteiger partial charge in [-0.1, -0.05) is 0 Å². The van der Waals surface area contributed by atoms with Crippen LogP contribution in [0.2, 0.25) is 0 Å². The van der Waals surface area contributed by atoms with Gasteiger partial charge in [-0.2, -0.15) is 0 Å². The highest BCUT2D eigenvalue weighted by atomic mass is 19.2. The van der Waals surface area contributed by atoms with E-state index in [1.807, 2.05) is 0 Å². The maximum Gasteiger partial charge on any atom is 0.218 e. The Hall–Kier alpha value is -1.76. The Labute approximate surface area is 76.8 Å². The molecule has 0 aliphatic rings. The number of hydrogen-bond donors (Lipinski definition) is 3. The van der Waals surface area contributed by atoms with E-state index >= 15 is 0 Å². The topological polar surface area (TPSA) is 70.6 Å². The molecule has 1 rings (SSSR count). The van der Waals surface area contributed by atoms with Crippen LogP contribution in [0.1, 0.15) is 0 Å². The summed E-state index contributed by atoms with van der Waals surface area (Å²) in [7, 11) is 0. The minimum absolute atomic E-state index is 0.511. The average molecular weight is 205 g/mol. The van der Waals surface area contributed by atoms with Gasteiger partial charge in [0.15, 0.2) is 17.5 Å². The fourth-order valence-corrected chi connectivity index (χ4v) is 0.757. The Morgan fingerprint density at radius 2 is 1.93 bits per heavy atom. The number of nitrogens with one attached hydrogen (secondary N) is 1.